The Balaban J connectivity index is 2.08. The van der Waals surface area contributed by atoms with Crippen LogP contribution < -0.4 is 11.1 Å². The number of nitrogen functional groups attached to an aromatic ring is 1. The molecule has 6 heteroatoms. The summed E-state index contributed by atoms with van der Waals surface area (Å²) >= 11 is 3.08. The molecule has 0 radical (unpaired) electrons. The molecular formula is C11H19N3OS2. The van der Waals surface area contributed by atoms with E-state index in [-0.39, 0.29) is 5.41 Å². The normalized spacial score (nSPS) is 26.6. The second-order valence-corrected chi connectivity index (χ2v) is 6.50. The fraction of sp³-hybridized carbons (Fsp3) is 0.727. The van der Waals surface area contributed by atoms with Crippen LogP contribution in [-0.4, -0.2) is 29.9 Å². The fourth-order valence-corrected chi connectivity index (χ4v) is 3.85. The van der Waals surface area contributed by atoms with E-state index in [2.05, 4.69) is 23.5 Å². The van der Waals surface area contributed by atoms with Gasteiger partial charge in [-0.15, -0.1) is 11.8 Å². The molecule has 0 aromatic carbocycles. The largest absolute Gasteiger partial charge is 0.382 e. The van der Waals surface area contributed by atoms with E-state index < -0.39 is 0 Å². The molecule has 2 rings (SSSR count). The SMILES string of the molecule is COC1CC(Nc2snc(N)c2SC)C1(C)C. The summed E-state index contributed by atoms with van der Waals surface area (Å²) in [6.07, 6.45) is 3.40. The predicted octanol–water partition coefficient (Wildman–Crippen LogP) is 2.67. The summed E-state index contributed by atoms with van der Waals surface area (Å²) in [7, 11) is 1.78. The van der Waals surface area contributed by atoms with E-state index in [0.717, 1.165) is 16.3 Å². The molecule has 0 bridgehead atoms. The number of rotatable bonds is 4. The van der Waals surface area contributed by atoms with Gasteiger partial charge in [0, 0.05) is 18.6 Å². The Morgan fingerprint density at radius 1 is 1.59 bits per heavy atom. The highest BCUT2D eigenvalue weighted by molar-refractivity contribution is 7.99. The number of nitrogens with one attached hydrogen (secondary N) is 1. The smallest absolute Gasteiger partial charge is 0.153 e. The van der Waals surface area contributed by atoms with Crippen molar-refractivity contribution >= 4 is 34.1 Å². The number of nitrogens with zero attached hydrogens (tertiary/aromatic N) is 1. The van der Waals surface area contributed by atoms with E-state index in [9.17, 15) is 0 Å². The van der Waals surface area contributed by atoms with Gasteiger partial charge < -0.3 is 15.8 Å². The van der Waals surface area contributed by atoms with E-state index in [0.29, 0.717) is 18.0 Å². The van der Waals surface area contributed by atoms with E-state index >= 15 is 0 Å². The summed E-state index contributed by atoms with van der Waals surface area (Å²) in [4.78, 5) is 1.06. The lowest BCUT2D eigenvalue weighted by Gasteiger charge is -2.51. The highest BCUT2D eigenvalue weighted by Crippen LogP contribution is 2.46. The first-order valence-corrected chi connectivity index (χ1v) is 7.59. The average molecular weight is 273 g/mol. The van der Waals surface area contributed by atoms with E-state index in [1.807, 2.05) is 6.26 Å². The number of nitrogens with two attached hydrogens (primary N) is 1. The molecule has 1 saturated carbocycles. The van der Waals surface area contributed by atoms with Crippen molar-refractivity contribution in [2.75, 3.05) is 24.4 Å². The topological polar surface area (TPSA) is 60.2 Å². The third kappa shape index (κ3) is 2.13. The predicted molar refractivity (Wildman–Crippen MR) is 74.9 cm³/mol. The number of methoxy groups -OCH3 is 1. The zero-order valence-electron chi connectivity index (χ0n) is 10.6. The maximum Gasteiger partial charge on any atom is 0.153 e. The van der Waals surface area contributed by atoms with Gasteiger partial charge in [0.15, 0.2) is 5.82 Å². The zero-order valence-corrected chi connectivity index (χ0v) is 12.2. The average Bonchev–Trinajstić information content (AvgIpc) is 2.64. The molecule has 1 fully saturated rings. The molecule has 3 N–H and O–H groups in total. The standard InChI is InChI=1S/C11H19N3OS2/c1-11(2)6(5-7(11)15-3)13-10-8(16-4)9(12)14-17-10/h6-7,13H,5H2,1-4H3,(H2,12,14). The fourth-order valence-electron chi connectivity index (χ4n) is 2.27. The molecule has 0 aliphatic heterocycles. The first-order valence-electron chi connectivity index (χ1n) is 5.59. The Kier molecular flexibility index (Phi) is 3.56. The van der Waals surface area contributed by atoms with Crippen molar-refractivity contribution in [3.8, 4) is 0 Å². The molecule has 4 nitrogen and oxygen atoms in total. The Morgan fingerprint density at radius 2 is 2.29 bits per heavy atom. The lowest BCUT2D eigenvalue weighted by atomic mass is 9.64. The van der Waals surface area contributed by atoms with Crippen molar-refractivity contribution in [2.24, 2.45) is 5.41 Å². The van der Waals surface area contributed by atoms with Gasteiger partial charge in [-0.2, -0.15) is 4.37 Å². The van der Waals surface area contributed by atoms with Gasteiger partial charge in [0.2, 0.25) is 0 Å². The van der Waals surface area contributed by atoms with Gasteiger partial charge in [-0.05, 0) is 24.2 Å². The Labute approximate surface area is 110 Å². The van der Waals surface area contributed by atoms with Gasteiger partial charge >= 0.3 is 0 Å². The van der Waals surface area contributed by atoms with Gasteiger partial charge in [-0.3, -0.25) is 0 Å². The van der Waals surface area contributed by atoms with Gasteiger partial charge in [-0.25, -0.2) is 0 Å². The molecule has 0 spiro atoms. The molecule has 2 atom stereocenters. The number of anilines is 2. The highest BCUT2D eigenvalue weighted by Gasteiger charge is 2.48. The van der Waals surface area contributed by atoms with Crippen molar-refractivity contribution in [3.05, 3.63) is 0 Å². The van der Waals surface area contributed by atoms with Crippen LogP contribution in [0.4, 0.5) is 10.8 Å². The molecule has 1 aliphatic rings. The van der Waals surface area contributed by atoms with Gasteiger partial charge in [0.1, 0.15) is 5.00 Å². The molecule has 1 heterocycles. The minimum absolute atomic E-state index is 0.156. The Bertz CT molecular complexity index is 405. The summed E-state index contributed by atoms with van der Waals surface area (Å²) in [5.41, 5.74) is 5.98. The summed E-state index contributed by atoms with van der Waals surface area (Å²) < 4.78 is 9.64. The van der Waals surface area contributed by atoms with Crippen LogP contribution in [0.15, 0.2) is 4.90 Å². The van der Waals surface area contributed by atoms with Gasteiger partial charge in [0.25, 0.3) is 0 Å². The van der Waals surface area contributed by atoms with Crippen molar-refractivity contribution < 1.29 is 4.74 Å². The molecule has 0 amide bonds. The van der Waals surface area contributed by atoms with Crippen LogP contribution in [0.5, 0.6) is 0 Å². The molecule has 17 heavy (non-hydrogen) atoms. The minimum Gasteiger partial charge on any atom is -0.382 e. The van der Waals surface area contributed by atoms with Gasteiger partial charge in [-0.1, -0.05) is 13.8 Å². The van der Waals surface area contributed by atoms with E-state index in [4.69, 9.17) is 10.5 Å². The van der Waals surface area contributed by atoms with E-state index in [1.165, 1.54) is 11.5 Å². The summed E-state index contributed by atoms with van der Waals surface area (Å²) in [5.74, 6) is 0.630. The molecule has 2 unspecified atom stereocenters. The summed E-state index contributed by atoms with van der Waals surface area (Å²) in [6, 6.07) is 0.429. The summed E-state index contributed by atoms with van der Waals surface area (Å²) in [5, 5.41) is 4.63. The molecule has 1 aromatic heterocycles. The maximum atomic E-state index is 5.82. The number of aromatic nitrogens is 1. The molecule has 0 saturated heterocycles. The first kappa shape index (κ1) is 13.0. The first-order chi connectivity index (χ1) is 8.00. The van der Waals surface area contributed by atoms with Crippen LogP contribution in [0.1, 0.15) is 20.3 Å². The Hall–Kier alpha value is -0.460. The summed E-state index contributed by atoms with van der Waals surface area (Å²) in [6.45, 7) is 4.46. The highest BCUT2D eigenvalue weighted by atomic mass is 32.2. The van der Waals surface area contributed by atoms with Gasteiger partial charge in [0.05, 0.1) is 11.0 Å². The lowest BCUT2D eigenvalue weighted by molar-refractivity contribution is -0.0794. The van der Waals surface area contributed by atoms with Crippen LogP contribution in [0.3, 0.4) is 0 Å². The quantitative estimate of drug-likeness (QED) is 0.826. The van der Waals surface area contributed by atoms with E-state index in [1.54, 1.807) is 18.9 Å². The van der Waals surface area contributed by atoms with Crippen LogP contribution in [0, 0.1) is 5.41 Å². The number of hydrogen-bond donors (Lipinski definition) is 2. The minimum atomic E-state index is 0.156. The monoisotopic (exact) mass is 273 g/mol. The van der Waals surface area contributed by atoms with Crippen LogP contribution in [0.2, 0.25) is 0 Å². The Morgan fingerprint density at radius 3 is 2.82 bits per heavy atom. The van der Waals surface area contributed by atoms with Crippen LogP contribution in [-0.2, 0) is 4.74 Å². The van der Waals surface area contributed by atoms with Crippen LogP contribution in [0.25, 0.3) is 0 Å². The maximum absolute atomic E-state index is 5.82. The van der Waals surface area contributed by atoms with Crippen molar-refractivity contribution in [3.63, 3.8) is 0 Å². The van der Waals surface area contributed by atoms with Crippen molar-refractivity contribution in [1.29, 1.82) is 0 Å². The zero-order chi connectivity index (χ0) is 12.6. The molecular weight excluding hydrogens is 254 g/mol. The second-order valence-electron chi connectivity index (χ2n) is 4.91. The molecule has 1 aliphatic carbocycles. The third-order valence-corrected chi connectivity index (χ3v) is 5.39. The molecule has 1 aromatic rings. The number of hydrogen-bond acceptors (Lipinski definition) is 6. The number of thioether (sulfide) groups is 1. The third-order valence-electron chi connectivity index (χ3n) is 3.65. The van der Waals surface area contributed by atoms with Crippen molar-refractivity contribution in [1.82, 2.24) is 4.37 Å². The lowest BCUT2D eigenvalue weighted by Crippen LogP contribution is -2.57. The number of ether oxygens (including phenoxy) is 1. The van der Waals surface area contributed by atoms with Crippen LogP contribution >= 0.6 is 23.3 Å². The second kappa shape index (κ2) is 4.66. The molecule has 96 valence electrons. The van der Waals surface area contributed by atoms with Crippen molar-refractivity contribution in [2.45, 2.75) is 37.3 Å².